The van der Waals surface area contributed by atoms with E-state index in [9.17, 15) is 9.59 Å². The highest BCUT2D eigenvalue weighted by Crippen LogP contribution is 2.36. The summed E-state index contributed by atoms with van der Waals surface area (Å²) < 4.78 is 15.9. The van der Waals surface area contributed by atoms with Crippen molar-refractivity contribution in [3.8, 4) is 5.75 Å². The van der Waals surface area contributed by atoms with Gasteiger partial charge in [-0.1, -0.05) is 0 Å². The quantitative estimate of drug-likeness (QED) is 0.593. The van der Waals surface area contributed by atoms with E-state index in [1.807, 2.05) is 6.92 Å². The van der Waals surface area contributed by atoms with Gasteiger partial charge in [0.05, 0.1) is 24.9 Å². The van der Waals surface area contributed by atoms with E-state index in [0.29, 0.717) is 22.9 Å². The third-order valence-electron chi connectivity index (χ3n) is 4.26. The highest BCUT2D eigenvalue weighted by molar-refractivity contribution is 6.23. The van der Waals surface area contributed by atoms with Gasteiger partial charge in [0, 0.05) is 11.4 Å². The SMILES string of the molecule is CCOC(=O)C1=C(C)N(c2ccc(OC)cc2)C(=O)C1=Cc1ccc(C)o1. The van der Waals surface area contributed by atoms with Gasteiger partial charge in [-0.05, 0) is 63.2 Å². The summed E-state index contributed by atoms with van der Waals surface area (Å²) in [5, 5.41) is 0. The Kier molecular flexibility index (Phi) is 5.16. The topological polar surface area (TPSA) is 69.0 Å². The third kappa shape index (κ3) is 3.51. The maximum Gasteiger partial charge on any atom is 0.340 e. The van der Waals surface area contributed by atoms with Gasteiger partial charge in [0.25, 0.3) is 5.91 Å². The molecule has 0 fully saturated rings. The lowest BCUT2D eigenvalue weighted by molar-refractivity contribution is -0.138. The lowest BCUT2D eigenvalue weighted by Crippen LogP contribution is -2.24. The molecule has 3 rings (SSSR count). The van der Waals surface area contributed by atoms with E-state index in [0.717, 1.165) is 5.76 Å². The van der Waals surface area contributed by atoms with E-state index in [-0.39, 0.29) is 23.7 Å². The number of aryl methyl sites for hydroxylation is 1. The van der Waals surface area contributed by atoms with Crippen LogP contribution < -0.4 is 9.64 Å². The smallest absolute Gasteiger partial charge is 0.340 e. The molecule has 0 atom stereocenters. The van der Waals surface area contributed by atoms with E-state index in [1.165, 1.54) is 4.90 Å². The number of ether oxygens (including phenoxy) is 2. The molecule has 0 unspecified atom stereocenters. The zero-order valence-electron chi connectivity index (χ0n) is 15.7. The average molecular weight is 367 g/mol. The number of carbonyl (C=O) groups is 2. The van der Waals surface area contributed by atoms with Crippen LogP contribution in [0.25, 0.3) is 6.08 Å². The second kappa shape index (κ2) is 7.53. The molecule has 0 spiro atoms. The zero-order valence-corrected chi connectivity index (χ0v) is 15.7. The molecule has 0 N–H and O–H groups in total. The third-order valence-corrected chi connectivity index (χ3v) is 4.26. The summed E-state index contributed by atoms with van der Waals surface area (Å²) in [6.07, 6.45) is 1.58. The van der Waals surface area contributed by atoms with Crippen molar-refractivity contribution in [3.63, 3.8) is 0 Å². The van der Waals surface area contributed by atoms with Crippen molar-refractivity contribution in [3.05, 3.63) is 64.8 Å². The molecule has 2 aromatic rings. The number of anilines is 1. The number of hydrogen-bond acceptors (Lipinski definition) is 5. The lowest BCUT2D eigenvalue weighted by Gasteiger charge is -2.18. The Balaban J connectivity index is 2.09. The van der Waals surface area contributed by atoms with E-state index >= 15 is 0 Å². The Bertz CT molecular complexity index is 934. The molecule has 1 aliphatic heterocycles. The van der Waals surface area contributed by atoms with E-state index in [2.05, 4.69) is 0 Å². The van der Waals surface area contributed by atoms with Gasteiger partial charge >= 0.3 is 5.97 Å². The molecule has 1 aromatic heterocycles. The van der Waals surface area contributed by atoms with Gasteiger partial charge < -0.3 is 13.9 Å². The Hall–Kier alpha value is -3.28. The van der Waals surface area contributed by atoms with Crippen molar-refractivity contribution in [1.29, 1.82) is 0 Å². The molecule has 140 valence electrons. The highest BCUT2D eigenvalue weighted by Gasteiger charge is 2.38. The van der Waals surface area contributed by atoms with Crippen molar-refractivity contribution in [2.75, 3.05) is 18.6 Å². The van der Waals surface area contributed by atoms with Crippen LogP contribution in [0.4, 0.5) is 5.69 Å². The van der Waals surface area contributed by atoms with Crippen molar-refractivity contribution < 1.29 is 23.5 Å². The van der Waals surface area contributed by atoms with Crippen molar-refractivity contribution in [2.45, 2.75) is 20.8 Å². The summed E-state index contributed by atoms with van der Waals surface area (Å²) in [6, 6.07) is 10.6. The van der Waals surface area contributed by atoms with Gasteiger partial charge in [0.2, 0.25) is 0 Å². The summed E-state index contributed by atoms with van der Waals surface area (Å²) in [6.45, 7) is 5.49. The summed E-state index contributed by atoms with van der Waals surface area (Å²) in [7, 11) is 1.58. The van der Waals surface area contributed by atoms with Crippen molar-refractivity contribution in [2.24, 2.45) is 0 Å². The first-order valence-electron chi connectivity index (χ1n) is 8.61. The monoisotopic (exact) mass is 367 g/mol. The summed E-state index contributed by atoms with van der Waals surface area (Å²) in [5.74, 6) is 1.06. The van der Waals surface area contributed by atoms with Crippen LogP contribution in [-0.4, -0.2) is 25.6 Å². The molecular formula is C21H21NO5. The fourth-order valence-corrected chi connectivity index (χ4v) is 3.00. The van der Waals surface area contributed by atoms with Gasteiger partial charge in [-0.3, -0.25) is 9.69 Å². The van der Waals surface area contributed by atoms with Gasteiger partial charge in [-0.2, -0.15) is 0 Å². The molecule has 0 aliphatic carbocycles. The minimum Gasteiger partial charge on any atom is -0.497 e. The number of carbonyl (C=O) groups excluding carboxylic acids is 2. The first-order valence-corrected chi connectivity index (χ1v) is 8.61. The maximum atomic E-state index is 13.1. The molecule has 6 heteroatoms. The van der Waals surface area contributed by atoms with Crippen LogP contribution in [-0.2, 0) is 14.3 Å². The normalized spacial score (nSPS) is 15.6. The van der Waals surface area contributed by atoms with Crippen molar-refractivity contribution in [1.82, 2.24) is 0 Å². The predicted octanol–water partition coefficient (Wildman–Crippen LogP) is 3.86. The predicted molar refractivity (Wildman–Crippen MR) is 101 cm³/mol. The number of nitrogens with zero attached hydrogens (tertiary/aromatic N) is 1. The van der Waals surface area contributed by atoms with Crippen LogP contribution in [0.1, 0.15) is 25.4 Å². The van der Waals surface area contributed by atoms with Crippen LogP contribution >= 0.6 is 0 Å². The number of benzene rings is 1. The lowest BCUT2D eigenvalue weighted by atomic mass is 10.1. The van der Waals surface area contributed by atoms with Gasteiger partial charge in [0.1, 0.15) is 17.3 Å². The number of rotatable bonds is 5. The Morgan fingerprint density at radius 1 is 1.15 bits per heavy atom. The molecule has 0 bridgehead atoms. The molecule has 1 aromatic carbocycles. The fraction of sp³-hybridized carbons (Fsp3) is 0.238. The number of methoxy groups -OCH3 is 1. The molecule has 2 heterocycles. The molecule has 1 amide bonds. The van der Waals surface area contributed by atoms with Crippen LogP contribution in [0.5, 0.6) is 5.75 Å². The largest absolute Gasteiger partial charge is 0.497 e. The molecule has 0 saturated carbocycles. The van der Waals surface area contributed by atoms with Gasteiger partial charge in [-0.15, -0.1) is 0 Å². The number of allylic oxidation sites excluding steroid dienone is 1. The summed E-state index contributed by atoms with van der Waals surface area (Å²) in [4.78, 5) is 27.2. The molecule has 1 aliphatic rings. The second-order valence-corrected chi connectivity index (χ2v) is 6.03. The number of furan rings is 1. The van der Waals surface area contributed by atoms with Gasteiger partial charge in [-0.25, -0.2) is 4.79 Å². The molecule has 6 nitrogen and oxygen atoms in total. The van der Waals surface area contributed by atoms with E-state index < -0.39 is 5.97 Å². The molecular weight excluding hydrogens is 346 g/mol. The number of amides is 1. The Labute approximate surface area is 157 Å². The molecule has 0 saturated heterocycles. The Morgan fingerprint density at radius 2 is 1.85 bits per heavy atom. The highest BCUT2D eigenvalue weighted by atomic mass is 16.5. The summed E-state index contributed by atoms with van der Waals surface area (Å²) >= 11 is 0. The van der Waals surface area contributed by atoms with Crippen LogP contribution in [0.2, 0.25) is 0 Å². The van der Waals surface area contributed by atoms with Crippen LogP contribution in [0, 0.1) is 6.92 Å². The number of hydrogen-bond donors (Lipinski definition) is 0. The first kappa shape index (κ1) is 18.5. The van der Waals surface area contributed by atoms with Gasteiger partial charge in [0.15, 0.2) is 0 Å². The van der Waals surface area contributed by atoms with E-state index in [1.54, 1.807) is 63.4 Å². The molecule has 27 heavy (non-hydrogen) atoms. The standard InChI is InChI=1S/C21H21NO5/c1-5-26-21(24)19-14(3)22(15-7-10-16(25-4)11-8-15)20(23)18(19)12-17-9-6-13(2)27-17/h6-12H,5H2,1-4H3. The average Bonchev–Trinajstić information content (AvgIpc) is 3.16. The minimum absolute atomic E-state index is 0.222. The van der Waals surface area contributed by atoms with Crippen molar-refractivity contribution >= 4 is 23.6 Å². The van der Waals surface area contributed by atoms with Crippen LogP contribution in [0.15, 0.2) is 57.7 Å². The second-order valence-electron chi connectivity index (χ2n) is 6.03. The number of esters is 1. The first-order chi connectivity index (χ1) is 13.0. The maximum absolute atomic E-state index is 13.1. The summed E-state index contributed by atoms with van der Waals surface area (Å²) in [5.41, 5.74) is 1.64. The van der Waals surface area contributed by atoms with Crippen LogP contribution in [0.3, 0.4) is 0 Å². The fourth-order valence-electron chi connectivity index (χ4n) is 3.00. The minimum atomic E-state index is -0.533. The zero-order chi connectivity index (χ0) is 19.6. The van der Waals surface area contributed by atoms with E-state index in [4.69, 9.17) is 13.9 Å². The Morgan fingerprint density at radius 3 is 2.41 bits per heavy atom. The molecule has 0 radical (unpaired) electrons.